The van der Waals surface area contributed by atoms with Crippen molar-refractivity contribution in [3.8, 4) is 0 Å². The molecule has 1 fully saturated rings. The van der Waals surface area contributed by atoms with Gasteiger partial charge in [0.25, 0.3) is 0 Å². The van der Waals surface area contributed by atoms with Gasteiger partial charge in [-0.3, -0.25) is 9.59 Å². The summed E-state index contributed by atoms with van der Waals surface area (Å²) in [4.78, 5) is 24.1. The Balaban J connectivity index is 1.72. The third kappa shape index (κ3) is 2.90. The van der Waals surface area contributed by atoms with Gasteiger partial charge < -0.3 is 10.4 Å². The van der Waals surface area contributed by atoms with Gasteiger partial charge in [-0.05, 0) is 48.3 Å². The van der Waals surface area contributed by atoms with Gasteiger partial charge in [0, 0.05) is 5.69 Å². The topological polar surface area (TPSA) is 66.4 Å². The Labute approximate surface area is 136 Å². The van der Waals surface area contributed by atoms with Crippen molar-refractivity contribution in [2.45, 2.75) is 32.6 Å². The third-order valence-electron chi connectivity index (χ3n) is 5.41. The summed E-state index contributed by atoms with van der Waals surface area (Å²) < 4.78 is 0. The minimum Gasteiger partial charge on any atom is -0.481 e. The van der Waals surface area contributed by atoms with Crippen LogP contribution in [0.1, 0.15) is 38.2 Å². The van der Waals surface area contributed by atoms with Gasteiger partial charge in [-0.25, -0.2) is 0 Å². The molecule has 1 aromatic carbocycles. The monoisotopic (exact) mass is 313 g/mol. The molecule has 1 saturated carbocycles. The van der Waals surface area contributed by atoms with Gasteiger partial charge >= 0.3 is 5.97 Å². The van der Waals surface area contributed by atoms with Crippen molar-refractivity contribution in [3.63, 3.8) is 0 Å². The van der Waals surface area contributed by atoms with E-state index in [0.29, 0.717) is 5.92 Å². The molecule has 4 nitrogen and oxygen atoms in total. The van der Waals surface area contributed by atoms with Crippen LogP contribution in [-0.4, -0.2) is 17.0 Å². The number of aliphatic carboxylic acids is 1. The van der Waals surface area contributed by atoms with Crippen molar-refractivity contribution in [2.24, 2.45) is 23.7 Å². The summed E-state index contributed by atoms with van der Waals surface area (Å²) in [5.74, 6) is -1.55. The van der Waals surface area contributed by atoms with E-state index in [1.807, 2.05) is 36.4 Å². The largest absolute Gasteiger partial charge is 0.481 e. The summed E-state index contributed by atoms with van der Waals surface area (Å²) in [5.41, 5.74) is 1.98. The standard InChI is InChI=1S/C19H23NO3/c1-3-11(2)12-6-8-15(9-7-12)20-18(21)16-13-4-5-14(10-13)17(16)19(22)23/h4-9,11,13-14,16-17H,3,10H2,1-2H3,(H,20,21)(H,22,23)/t11-,13+,14+,16-,17+/m1/s1. The van der Waals surface area contributed by atoms with Crippen molar-refractivity contribution in [1.82, 2.24) is 0 Å². The Kier molecular flexibility index (Phi) is 4.24. The van der Waals surface area contributed by atoms with Gasteiger partial charge in [0.1, 0.15) is 0 Å². The lowest BCUT2D eigenvalue weighted by atomic mass is 9.82. The zero-order valence-electron chi connectivity index (χ0n) is 13.5. The Hall–Kier alpha value is -2.10. The molecule has 2 bridgehead atoms. The molecule has 2 N–H and O–H groups in total. The fourth-order valence-corrected chi connectivity index (χ4v) is 3.87. The molecule has 0 saturated heterocycles. The highest BCUT2D eigenvalue weighted by atomic mass is 16.4. The highest BCUT2D eigenvalue weighted by Crippen LogP contribution is 2.48. The molecule has 0 heterocycles. The number of carboxylic acid groups (broad SMARTS) is 1. The van der Waals surface area contributed by atoms with Crippen molar-refractivity contribution in [2.75, 3.05) is 5.32 Å². The van der Waals surface area contributed by atoms with Crippen LogP contribution in [0.2, 0.25) is 0 Å². The number of carboxylic acids is 1. The average Bonchev–Trinajstić information content (AvgIpc) is 3.15. The number of carbonyl (C=O) groups excluding carboxylic acids is 1. The summed E-state index contributed by atoms with van der Waals surface area (Å²) in [6.45, 7) is 4.32. The van der Waals surface area contributed by atoms with Crippen molar-refractivity contribution < 1.29 is 14.7 Å². The van der Waals surface area contributed by atoms with Crippen molar-refractivity contribution in [1.29, 1.82) is 0 Å². The average molecular weight is 313 g/mol. The predicted molar refractivity (Wildman–Crippen MR) is 89.1 cm³/mol. The number of fused-ring (bicyclic) bond motifs is 2. The summed E-state index contributed by atoms with van der Waals surface area (Å²) in [6, 6.07) is 7.86. The van der Waals surface area contributed by atoms with Gasteiger partial charge in [0.2, 0.25) is 5.91 Å². The van der Waals surface area contributed by atoms with Crippen LogP contribution >= 0.6 is 0 Å². The van der Waals surface area contributed by atoms with Crippen molar-refractivity contribution >= 4 is 17.6 Å². The number of rotatable bonds is 5. The molecule has 1 aromatic rings. The molecule has 0 aliphatic heterocycles. The number of anilines is 1. The highest BCUT2D eigenvalue weighted by Gasteiger charge is 2.51. The van der Waals surface area contributed by atoms with Gasteiger partial charge in [-0.15, -0.1) is 0 Å². The van der Waals surface area contributed by atoms with Gasteiger partial charge in [0.15, 0.2) is 0 Å². The fourth-order valence-electron chi connectivity index (χ4n) is 3.87. The van der Waals surface area contributed by atoms with E-state index in [2.05, 4.69) is 19.2 Å². The molecule has 0 aromatic heterocycles. The minimum atomic E-state index is -0.867. The van der Waals surface area contributed by atoms with Crippen LogP contribution in [0, 0.1) is 23.7 Å². The fraction of sp³-hybridized carbons (Fsp3) is 0.474. The van der Waals surface area contributed by atoms with E-state index in [4.69, 9.17) is 0 Å². The molecule has 0 radical (unpaired) electrons. The van der Waals surface area contributed by atoms with Crippen LogP contribution in [0.25, 0.3) is 0 Å². The first-order valence-electron chi connectivity index (χ1n) is 8.33. The second-order valence-electron chi connectivity index (χ2n) is 6.76. The quantitative estimate of drug-likeness (QED) is 0.815. The maximum atomic E-state index is 12.6. The van der Waals surface area contributed by atoms with E-state index >= 15 is 0 Å². The summed E-state index contributed by atoms with van der Waals surface area (Å²) >= 11 is 0. The lowest BCUT2D eigenvalue weighted by Crippen LogP contribution is -2.36. The molecule has 5 atom stereocenters. The molecule has 0 unspecified atom stereocenters. The number of nitrogens with one attached hydrogen (secondary N) is 1. The molecule has 2 aliphatic carbocycles. The maximum Gasteiger partial charge on any atom is 0.307 e. The lowest BCUT2D eigenvalue weighted by molar-refractivity contribution is -0.146. The summed E-state index contributed by atoms with van der Waals surface area (Å²) in [6.07, 6.45) is 5.81. The molecule has 2 aliphatic rings. The second kappa shape index (κ2) is 6.19. The van der Waals surface area contributed by atoms with Crippen LogP contribution in [0.5, 0.6) is 0 Å². The van der Waals surface area contributed by atoms with Gasteiger partial charge in [-0.1, -0.05) is 38.1 Å². The summed E-state index contributed by atoms with van der Waals surface area (Å²) in [5, 5.41) is 12.3. The molecule has 0 spiro atoms. The van der Waals surface area contributed by atoms with E-state index in [1.54, 1.807) is 0 Å². The van der Waals surface area contributed by atoms with E-state index < -0.39 is 17.8 Å². The van der Waals surface area contributed by atoms with Crippen LogP contribution in [0.4, 0.5) is 5.69 Å². The zero-order chi connectivity index (χ0) is 16.6. The Morgan fingerprint density at radius 2 is 1.78 bits per heavy atom. The lowest BCUT2D eigenvalue weighted by Gasteiger charge is -2.24. The Bertz CT molecular complexity index is 635. The number of hydrogen-bond acceptors (Lipinski definition) is 2. The predicted octanol–water partition coefficient (Wildman–Crippen LogP) is 3.66. The smallest absolute Gasteiger partial charge is 0.307 e. The number of allylic oxidation sites excluding steroid dienone is 2. The minimum absolute atomic E-state index is 0.000954. The molecule has 122 valence electrons. The number of benzene rings is 1. The molecule has 1 amide bonds. The van der Waals surface area contributed by atoms with Crippen LogP contribution in [0.3, 0.4) is 0 Å². The number of hydrogen-bond donors (Lipinski definition) is 2. The number of amides is 1. The molecule has 4 heteroatoms. The van der Waals surface area contributed by atoms with E-state index in [1.165, 1.54) is 5.56 Å². The van der Waals surface area contributed by atoms with Gasteiger partial charge in [-0.2, -0.15) is 0 Å². The van der Waals surface area contributed by atoms with Crippen molar-refractivity contribution in [3.05, 3.63) is 42.0 Å². The first-order valence-corrected chi connectivity index (χ1v) is 8.33. The highest BCUT2D eigenvalue weighted by molar-refractivity contribution is 5.96. The van der Waals surface area contributed by atoms with Crippen LogP contribution in [0.15, 0.2) is 36.4 Å². The normalized spacial score (nSPS) is 29.5. The number of carbonyl (C=O) groups is 2. The summed E-state index contributed by atoms with van der Waals surface area (Å²) in [7, 11) is 0. The first kappa shape index (κ1) is 15.8. The Morgan fingerprint density at radius 3 is 2.35 bits per heavy atom. The van der Waals surface area contributed by atoms with Crippen LogP contribution < -0.4 is 5.32 Å². The SMILES string of the molecule is CC[C@@H](C)c1ccc(NC(=O)[C@H]2[C@@H](C(=O)O)[C@H]3C=C[C@H]2C3)cc1. The van der Waals surface area contributed by atoms with E-state index in [0.717, 1.165) is 18.5 Å². The molecular formula is C19H23NO3. The Morgan fingerprint density at radius 1 is 1.17 bits per heavy atom. The van der Waals surface area contributed by atoms with E-state index in [-0.39, 0.29) is 17.7 Å². The molecule has 3 rings (SSSR count). The molecular weight excluding hydrogens is 290 g/mol. The molecule has 23 heavy (non-hydrogen) atoms. The third-order valence-corrected chi connectivity index (χ3v) is 5.41. The van der Waals surface area contributed by atoms with E-state index in [9.17, 15) is 14.7 Å². The second-order valence-corrected chi connectivity index (χ2v) is 6.76. The zero-order valence-corrected chi connectivity index (χ0v) is 13.5. The van der Waals surface area contributed by atoms with Crippen LogP contribution in [-0.2, 0) is 9.59 Å². The maximum absolute atomic E-state index is 12.6. The van der Waals surface area contributed by atoms with Gasteiger partial charge in [0.05, 0.1) is 11.8 Å². The first-order chi connectivity index (χ1) is 11.0.